The van der Waals surface area contributed by atoms with Crippen molar-refractivity contribution in [3.05, 3.63) is 57.6 Å². The predicted molar refractivity (Wildman–Crippen MR) is 115 cm³/mol. The van der Waals surface area contributed by atoms with E-state index in [-0.39, 0.29) is 5.91 Å². The second-order valence-electron chi connectivity index (χ2n) is 7.56. The van der Waals surface area contributed by atoms with E-state index >= 15 is 0 Å². The van der Waals surface area contributed by atoms with Crippen LogP contribution in [0.5, 0.6) is 5.75 Å². The van der Waals surface area contributed by atoms with Gasteiger partial charge in [-0.3, -0.25) is 4.79 Å². The van der Waals surface area contributed by atoms with Crippen LogP contribution in [0.2, 0.25) is 0 Å². The first-order chi connectivity index (χ1) is 13.0. The van der Waals surface area contributed by atoms with E-state index in [2.05, 4.69) is 41.2 Å². The number of nitrogens with one attached hydrogen (secondary N) is 1. The van der Waals surface area contributed by atoms with E-state index < -0.39 is 0 Å². The number of aryl methyl sites for hydroxylation is 1. The number of amides is 1. The first-order valence-electron chi connectivity index (χ1n) is 9.79. The lowest BCUT2D eigenvalue weighted by atomic mass is 9.82. The van der Waals surface area contributed by atoms with Gasteiger partial charge in [0.15, 0.2) is 0 Å². The topological polar surface area (TPSA) is 38.3 Å². The maximum absolute atomic E-state index is 12.6. The second kappa shape index (κ2) is 8.92. The molecule has 144 valence electrons. The standard InChI is InChI=1S/C23H28BrNO2/c1-4-16(3)19-6-5-11-27-23-20(19)13-18(24)14-21(23)25-22(26)12-17-9-7-15(2)8-10-17/h7-10,13-14,16,19H,4-6,11-12H2,1-3H3,(H,25,26). The molecular weight excluding hydrogens is 402 g/mol. The van der Waals surface area contributed by atoms with Crippen molar-refractivity contribution in [1.82, 2.24) is 0 Å². The van der Waals surface area contributed by atoms with Crippen molar-refractivity contribution in [2.75, 3.05) is 11.9 Å². The molecule has 0 fully saturated rings. The molecule has 4 heteroatoms. The number of hydrogen-bond acceptors (Lipinski definition) is 2. The van der Waals surface area contributed by atoms with E-state index in [1.165, 1.54) is 11.1 Å². The molecular formula is C23H28BrNO2. The zero-order valence-electron chi connectivity index (χ0n) is 16.3. The van der Waals surface area contributed by atoms with Crippen LogP contribution in [0.4, 0.5) is 5.69 Å². The van der Waals surface area contributed by atoms with Crippen LogP contribution >= 0.6 is 15.9 Å². The van der Waals surface area contributed by atoms with E-state index in [0.29, 0.717) is 24.9 Å². The highest BCUT2D eigenvalue weighted by molar-refractivity contribution is 9.10. The Labute approximate surface area is 170 Å². The number of halogens is 1. The number of rotatable bonds is 5. The summed E-state index contributed by atoms with van der Waals surface area (Å²) in [6.45, 7) is 7.28. The molecule has 1 heterocycles. The molecule has 3 nitrogen and oxygen atoms in total. The van der Waals surface area contributed by atoms with Crippen molar-refractivity contribution >= 4 is 27.5 Å². The highest BCUT2D eigenvalue weighted by Crippen LogP contribution is 2.44. The lowest BCUT2D eigenvalue weighted by molar-refractivity contribution is -0.115. The fourth-order valence-electron chi connectivity index (χ4n) is 3.74. The summed E-state index contributed by atoms with van der Waals surface area (Å²) in [5, 5.41) is 3.09. The van der Waals surface area contributed by atoms with Crippen LogP contribution in [0, 0.1) is 12.8 Å². The van der Waals surface area contributed by atoms with Crippen molar-refractivity contribution in [3.63, 3.8) is 0 Å². The third kappa shape index (κ3) is 4.92. The fraction of sp³-hybridized carbons (Fsp3) is 0.435. The number of ether oxygens (including phenoxy) is 1. The lowest BCUT2D eigenvalue weighted by Crippen LogP contribution is -2.16. The molecule has 0 radical (unpaired) electrons. The normalized spacial score (nSPS) is 17.4. The average molecular weight is 430 g/mol. The number of carbonyl (C=O) groups is 1. The van der Waals surface area contributed by atoms with E-state index in [1.54, 1.807) is 0 Å². The Balaban J connectivity index is 1.86. The number of benzene rings is 2. The van der Waals surface area contributed by atoms with Gasteiger partial charge in [0.25, 0.3) is 0 Å². The van der Waals surface area contributed by atoms with E-state index in [9.17, 15) is 4.79 Å². The van der Waals surface area contributed by atoms with E-state index in [4.69, 9.17) is 4.74 Å². The summed E-state index contributed by atoms with van der Waals surface area (Å²) in [7, 11) is 0. The molecule has 0 bridgehead atoms. The van der Waals surface area contributed by atoms with Crippen LogP contribution in [0.25, 0.3) is 0 Å². The third-order valence-electron chi connectivity index (χ3n) is 5.48. The van der Waals surface area contributed by atoms with Crippen LogP contribution in [-0.4, -0.2) is 12.5 Å². The molecule has 0 saturated heterocycles. The lowest BCUT2D eigenvalue weighted by Gasteiger charge is -2.24. The van der Waals surface area contributed by atoms with Crippen LogP contribution < -0.4 is 10.1 Å². The minimum Gasteiger partial charge on any atom is -0.491 e. The van der Waals surface area contributed by atoms with Gasteiger partial charge in [-0.1, -0.05) is 66.0 Å². The molecule has 0 spiro atoms. The Bertz CT molecular complexity index is 801. The zero-order valence-corrected chi connectivity index (χ0v) is 17.9. The molecule has 2 unspecified atom stereocenters. The molecule has 27 heavy (non-hydrogen) atoms. The summed E-state index contributed by atoms with van der Waals surface area (Å²) in [5.41, 5.74) is 4.19. The molecule has 2 atom stereocenters. The largest absolute Gasteiger partial charge is 0.491 e. The Morgan fingerprint density at radius 3 is 2.74 bits per heavy atom. The molecule has 2 aromatic carbocycles. The van der Waals surface area contributed by atoms with Gasteiger partial charge in [-0.2, -0.15) is 0 Å². The van der Waals surface area contributed by atoms with Crippen LogP contribution in [-0.2, 0) is 11.2 Å². The summed E-state index contributed by atoms with van der Waals surface area (Å²) in [5.74, 6) is 1.86. The van der Waals surface area contributed by atoms with Gasteiger partial charge < -0.3 is 10.1 Å². The van der Waals surface area contributed by atoms with Gasteiger partial charge >= 0.3 is 0 Å². The Morgan fingerprint density at radius 2 is 2.04 bits per heavy atom. The summed E-state index contributed by atoms with van der Waals surface area (Å²) >= 11 is 3.62. The molecule has 2 aromatic rings. The molecule has 1 N–H and O–H groups in total. The van der Waals surface area contributed by atoms with Gasteiger partial charge in [0, 0.05) is 10.0 Å². The number of fused-ring (bicyclic) bond motifs is 1. The van der Waals surface area contributed by atoms with E-state index in [0.717, 1.165) is 40.7 Å². The molecule has 0 aliphatic carbocycles. The smallest absolute Gasteiger partial charge is 0.228 e. The molecule has 3 rings (SSSR count). The van der Waals surface area contributed by atoms with Gasteiger partial charge in [0.2, 0.25) is 5.91 Å². The molecule has 0 aromatic heterocycles. The minimum absolute atomic E-state index is 0.0212. The predicted octanol–water partition coefficient (Wildman–Crippen LogP) is 6.24. The van der Waals surface area contributed by atoms with Gasteiger partial charge in [-0.05, 0) is 49.3 Å². The van der Waals surface area contributed by atoms with Gasteiger partial charge in [0.1, 0.15) is 5.75 Å². The van der Waals surface area contributed by atoms with Crippen molar-refractivity contribution in [3.8, 4) is 5.75 Å². The number of hydrogen-bond donors (Lipinski definition) is 1. The van der Waals surface area contributed by atoms with Crippen molar-refractivity contribution in [1.29, 1.82) is 0 Å². The second-order valence-corrected chi connectivity index (χ2v) is 8.48. The molecule has 1 aliphatic heterocycles. The monoisotopic (exact) mass is 429 g/mol. The van der Waals surface area contributed by atoms with Gasteiger partial charge in [0.05, 0.1) is 18.7 Å². The molecule has 1 amide bonds. The maximum Gasteiger partial charge on any atom is 0.228 e. The Kier molecular flexibility index (Phi) is 6.59. The molecule has 1 aliphatic rings. The summed E-state index contributed by atoms with van der Waals surface area (Å²) in [4.78, 5) is 12.6. The number of anilines is 1. The molecule has 0 saturated carbocycles. The first-order valence-corrected chi connectivity index (χ1v) is 10.6. The third-order valence-corrected chi connectivity index (χ3v) is 5.94. The van der Waals surface area contributed by atoms with E-state index in [1.807, 2.05) is 37.3 Å². The SMILES string of the molecule is CCC(C)C1CCCOc2c(NC(=O)Cc3ccc(C)cc3)cc(Br)cc21. The highest BCUT2D eigenvalue weighted by Gasteiger charge is 2.27. The first kappa shape index (κ1) is 19.9. The minimum atomic E-state index is -0.0212. The zero-order chi connectivity index (χ0) is 19.4. The van der Waals surface area contributed by atoms with Crippen LogP contribution in [0.3, 0.4) is 0 Å². The highest BCUT2D eigenvalue weighted by atomic mass is 79.9. The van der Waals surface area contributed by atoms with Crippen LogP contribution in [0.1, 0.15) is 55.7 Å². The Morgan fingerprint density at radius 1 is 1.30 bits per heavy atom. The van der Waals surface area contributed by atoms with Crippen molar-refractivity contribution in [2.45, 2.75) is 52.4 Å². The van der Waals surface area contributed by atoms with Crippen LogP contribution in [0.15, 0.2) is 40.9 Å². The summed E-state index contributed by atoms with van der Waals surface area (Å²) in [6, 6.07) is 12.2. The van der Waals surface area contributed by atoms with Crippen molar-refractivity contribution < 1.29 is 9.53 Å². The maximum atomic E-state index is 12.6. The van der Waals surface area contributed by atoms with Crippen molar-refractivity contribution in [2.24, 2.45) is 5.92 Å². The van der Waals surface area contributed by atoms with Gasteiger partial charge in [-0.25, -0.2) is 0 Å². The van der Waals surface area contributed by atoms with Gasteiger partial charge in [-0.15, -0.1) is 0 Å². The summed E-state index contributed by atoms with van der Waals surface area (Å²) < 4.78 is 7.07. The fourth-order valence-corrected chi connectivity index (χ4v) is 4.21. The number of carbonyl (C=O) groups excluding carboxylic acids is 1. The Hall–Kier alpha value is -1.81. The average Bonchev–Trinajstić information content (AvgIpc) is 2.85. The quantitative estimate of drug-likeness (QED) is 0.610. The summed E-state index contributed by atoms with van der Waals surface area (Å²) in [6.07, 6.45) is 3.65.